The molecule has 1 aromatic carbocycles. The molecule has 1 saturated heterocycles. The minimum absolute atomic E-state index is 0.0623. The van der Waals surface area contributed by atoms with Crippen LogP contribution >= 0.6 is 11.8 Å². The maximum Gasteiger partial charge on any atom is 0.251 e. The number of nitrogens with two attached hydrogens (primary N) is 1. The van der Waals surface area contributed by atoms with Crippen molar-refractivity contribution in [1.29, 1.82) is 0 Å². The number of primary amides is 1. The summed E-state index contributed by atoms with van der Waals surface area (Å²) in [7, 11) is 0. The van der Waals surface area contributed by atoms with Gasteiger partial charge in [0.15, 0.2) is 0 Å². The Morgan fingerprint density at radius 1 is 1.53 bits per heavy atom. The molecule has 0 saturated carbocycles. The van der Waals surface area contributed by atoms with Crippen molar-refractivity contribution < 1.29 is 9.18 Å². The third-order valence-corrected chi connectivity index (χ3v) is 4.84. The topological polar surface area (TPSA) is 55.1 Å². The largest absolute Gasteiger partial charge is 0.381 e. The standard InChI is InChI=1S/C14H19FN2OS/c1-14(2)6-10(7-19-8-14)17-9-3-4-12(15)11(5-9)13(16)18/h3-5,10,17H,6-8H2,1-2H3,(H2,16,18). The van der Waals surface area contributed by atoms with Crippen LogP contribution in [0.4, 0.5) is 10.1 Å². The quantitative estimate of drug-likeness (QED) is 0.896. The summed E-state index contributed by atoms with van der Waals surface area (Å²) < 4.78 is 13.4. The number of carbonyl (C=O) groups is 1. The molecule has 104 valence electrons. The Bertz CT molecular complexity index is 490. The molecular formula is C14H19FN2OS. The molecule has 1 heterocycles. The molecule has 0 spiro atoms. The minimum Gasteiger partial charge on any atom is -0.381 e. The van der Waals surface area contributed by atoms with Crippen LogP contribution in [0.1, 0.15) is 30.6 Å². The first-order chi connectivity index (χ1) is 8.87. The fourth-order valence-corrected chi connectivity index (χ4v) is 3.67. The van der Waals surface area contributed by atoms with Crippen LogP contribution in [0.25, 0.3) is 0 Å². The minimum atomic E-state index is -0.737. The van der Waals surface area contributed by atoms with E-state index < -0.39 is 11.7 Å². The lowest BCUT2D eigenvalue weighted by Gasteiger charge is -2.35. The van der Waals surface area contributed by atoms with Crippen molar-refractivity contribution in [3.05, 3.63) is 29.6 Å². The van der Waals surface area contributed by atoms with Crippen LogP contribution < -0.4 is 11.1 Å². The number of benzene rings is 1. The van der Waals surface area contributed by atoms with E-state index in [2.05, 4.69) is 19.2 Å². The first-order valence-electron chi connectivity index (χ1n) is 6.31. The van der Waals surface area contributed by atoms with E-state index in [4.69, 9.17) is 5.73 Å². The average Bonchev–Trinajstić information content (AvgIpc) is 2.30. The molecule has 5 heteroatoms. The molecule has 19 heavy (non-hydrogen) atoms. The van der Waals surface area contributed by atoms with Crippen LogP contribution in [0.15, 0.2) is 18.2 Å². The molecule has 1 atom stereocenters. The number of halogens is 1. The fraction of sp³-hybridized carbons (Fsp3) is 0.500. The first-order valence-corrected chi connectivity index (χ1v) is 7.46. The van der Waals surface area contributed by atoms with Gasteiger partial charge in [-0.1, -0.05) is 13.8 Å². The van der Waals surface area contributed by atoms with Crippen LogP contribution in [0.5, 0.6) is 0 Å². The highest BCUT2D eigenvalue weighted by atomic mass is 32.2. The highest BCUT2D eigenvalue weighted by molar-refractivity contribution is 7.99. The van der Waals surface area contributed by atoms with Gasteiger partial charge in [-0.3, -0.25) is 4.79 Å². The average molecular weight is 282 g/mol. The zero-order valence-electron chi connectivity index (χ0n) is 11.2. The van der Waals surface area contributed by atoms with E-state index in [9.17, 15) is 9.18 Å². The molecule has 1 aliphatic heterocycles. The lowest BCUT2D eigenvalue weighted by Crippen LogP contribution is -2.35. The van der Waals surface area contributed by atoms with Crippen LogP contribution in [-0.4, -0.2) is 23.5 Å². The lowest BCUT2D eigenvalue weighted by atomic mass is 9.88. The summed E-state index contributed by atoms with van der Waals surface area (Å²) in [5.41, 5.74) is 6.13. The predicted molar refractivity (Wildman–Crippen MR) is 78.1 cm³/mol. The number of anilines is 1. The zero-order chi connectivity index (χ0) is 14.0. The summed E-state index contributed by atoms with van der Waals surface area (Å²) in [5.74, 6) is 0.865. The van der Waals surface area contributed by atoms with Crippen LogP contribution in [0.3, 0.4) is 0 Å². The smallest absolute Gasteiger partial charge is 0.251 e. The summed E-state index contributed by atoms with van der Waals surface area (Å²) >= 11 is 1.91. The summed E-state index contributed by atoms with van der Waals surface area (Å²) in [5, 5.41) is 3.36. The molecule has 1 unspecified atom stereocenters. The third-order valence-electron chi connectivity index (χ3n) is 3.21. The Hall–Kier alpha value is -1.23. The maximum atomic E-state index is 13.4. The van der Waals surface area contributed by atoms with Gasteiger partial charge in [0.2, 0.25) is 0 Å². The summed E-state index contributed by atoms with van der Waals surface area (Å²) in [6.07, 6.45) is 1.06. The molecule has 0 aliphatic carbocycles. The Balaban J connectivity index is 2.11. The molecule has 1 amide bonds. The van der Waals surface area contributed by atoms with Crippen LogP contribution in [0, 0.1) is 11.2 Å². The van der Waals surface area contributed by atoms with Gasteiger partial charge in [0, 0.05) is 17.5 Å². The molecular weight excluding hydrogens is 263 g/mol. The highest BCUT2D eigenvalue weighted by Crippen LogP contribution is 2.34. The van der Waals surface area contributed by atoms with Crippen molar-refractivity contribution in [2.45, 2.75) is 26.3 Å². The van der Waals surface area contributed by atoms with Crippen molar-refractivity contribution in [1.82, 2.24) is 0 Å². The van der Waals surface area contributed by atoms with Gasteiger partial charge in [-0.2, -0.15) is 11.8 Å². The molecule has 0 aromatic heterocycles. The number of rotatable bonds is 3. The number of nitrogens with one attached hydrogen (secondary N) is 1. The zero-order valence-corrected chi connectivity index (χ0v) is 12.0. The number of hydrogen-bond acceptors (Lipinski definition) is 3. The van der Waals surface area contributed by atoms with E-state index in [1.54, 1.807) is 6.07 Å². The second kappa shape index (κ2) is 5.41. The van der Waals surface area contributed by atoms with E-state index in [0.29, 0.717) is 11.5 Å². The number of amides is 1. The molecule has 3 N–H and O–H groups in total. The molecule has 0 bridgehead atoms. The van der Waals surface area contributed by atoms with Gasteiger partial charge in [-0.25, -0.2) is 4.39 Å². The molecule has 0 radical (unpaired) electrons. The van der Waals surface area contributed by atoms with Crippen LogP contribution in [0.2, 0.25) is 0 Å². The number of carbonyl (C=O) groups excluding carboxylic acids is 1. The van der Waals surface area contributed by atoms with Gasteiger partial charge in [0.05, 0.1) is 5.56 Å². The SMILES string of the molecule is CC1(C)CSCC(Nc2ccc(F)c(C(N)=O)c2)C1. The summed E-state index contributed by atoms with van der Waals surface area (Å²) in [4.78, 5) is 11.1. The van der Waals surface area contributed by atoms with Gasteiger partial charge in [-0.05, 0) is 35.8 Å². The van der Waals surface area contributed by atoms with E-state index in [-0.39, 0.29) is 5.56 Å². The molecule has 2 rings (SSSR count). The van der Waals surface area contributed by atoms with Crippen molar-refractivity contribution >= 4 is 23.4 Å². The van der Waals surface area contributed by atoms with Crippen LogP contribution in [-0.2, 0) is 0 Å². The molecule has 1 aliphatic rings. The molecule has 1 aromatic rings. The van der Waals surface area contributed by atoms with Gasteiger partial charge in [-0.15, -0.1) is 0 Å². The lowest BCUT2D eigenvalue weighted by molar-refractivity contribution is 0.0996. The maximum absolute atomic E-state index is 13.4. The summed E-state index contributed by atoms with van der Waals surface area (Å²) in [6, 6.07) is 4.75. The Labute approximate surface area is 117 Å². The van der Waals surface area contributed by atoms with Gasteiger partial charge in [0.25, 0.3) is 5.91 Å². The Morgan fingerprint density at radius 3 is 2.89 bits per heavy atom. The van der Waals surface area contributed by atoms with E-state index in [1.807, 2.05) is 11.8 Å². The van der Waals surface area contributed by atoms with Crippen molar-refractivity contribution in [2.24, 2.45) is 11.1 Å². The van der Waals surface area contributed by atoms with Gasteiger partial charge < -0.3 is 11.1 Å². The molecule has 1 fully saturated rings. The van der Waals surface area contributed by atoms with E-state index >= 15 is 0 Å². The molecule has 3 nitrogen and oxygen atoms in total. The fourth-order valence-electron chi connectivity index (χ4n) is 2.39. The monoisotopic (exact) mass is 282 g/mol. The van der Waals surface area contributed by atoms with E-state index in [0.717, 1.165) is 23.6 Å². The normalized spacial score (nSPS) is 21.9. The Kier molecular flexibility index (Phi) is 4.04. The Morgan fingerprint density at radius 2 is 2.26 bits per heavy atom. The third kappa shape index (κ3) is 3.62. The second-order valence-corrected chi connectivity index (χ2v) is 6.81. The van der Waals surface area contributed by atoms with Crippen molar-refractivity contribution in [3.63, 3.8) is 0 Å². The number of thioether (sulfide) groups is 1. The summed E-state index contributed by atoms with van der Waals surface area (Å²) in [6.45, 7) is 4.49. The van der Waals surface area contributed by atoms with Crippen molar-refractivity contribution in [3.8, 4) is 0 Å². The van der Waals surface area contributed by atoms with Gasteiger partial charge in [0.1, 0.15) is 5.82 Å². The highest BCUT2D eigenvalue weighted by Gasteiger charge is 2.28. The first kappa shape index (κ1) is 14.2. The second-order valence-electron chi connectivity index (χ2n) is 5.78. The van der Waals surface area contributed by atoms with Crippen molar-refractivity contribution in [2.75, 3.05) is 16.8 Å². The van der Waals surface area contributed by atoms with Gasteiger partial charge >= 0.3 is 0 Å². The number of hydrogen-bond donors (Lipinski definition) is 2. The van der Waals surface area contributed by atoms with E-state index in [1.165, 1.54) is 12.1 Å². The predicted octanol–water partition coefficient (Wildman–Crippen LogP) is 2.87.